The fourth-order valence-electron chi connectivity index (χ4n) is 2.79. The molecule has 21 heavy (non-hydrogen) atoms. The quantitative estimate of drug-likeness (QED) is 0.441. The lowest BCUT2D eigenvalue weighted by molar-refractivity contribution is -0.127. The predicted octanol–water partition coefficient (Wildman–Crippen LogP) is 3.63. The van der Waals surface area contributed by atoms with Crippen LogP contribution in [0.4, 0.5) is 0 Å². The summed E-state index contributed by atoms with van der Waals surface area (Å²) < 4.78 is 11.6. The third-order valence-corrected chi connectivity index (χ3v) is 6.83. The zero-order chi connectivity index (χ0) is 16.5. The highest BCUT2D eigenvalue weighted by Gasteiger charge is 2.31. The number of Topliss-reactive ketones (excluding diaryl/α,β-unsaturated/α-hetero) is 1. The fraction of sp³-hybridized carbons (Fsp3) is 0.938. The minimum Gasteiger partial charge on any atom is -0.395 e. The van der Waals surface area contributed by atoms with Gasteiger partial charge in [-0.25, -0.2) is 0 Å². The van der Waals surface area contributed by atoms with Gasteiger partial charge in [0.2, 0.25) is 0 Å². The Morgan fingerprint density at radius 1 is 1.19 bits per heavy atom. The molecule has 126 valence electrons. The van der Waals surface area contributed by atoms with Gasteiger partial charge in [0.1, 0.15) is 5.78 Å². The summed E-state index contributed by atoms with van der Waals surface area (Å²) in [6.07, 6.45) is 3.27. The van der Waals surface area contributed by atoms with E-state index in [0.717, 1.165) is 25.3 Å². The molecule has 1 atom stereocenters. The third kappa shape index (κ3) is 8.71. The van der Waals surface area contributed by atoms with Crippen molar-refractivity contribution in [1.82, 2.24) is 0 Å². The van der Waals surface area contributed by atoms with Crippen molar-refractivity contribution >= 4 is 14.3 Å². The second-order valence-corrected chi connectivity index (χ2v) is 10.0. The summed E-state index contributed by atoms with van der Waals surface area (Å²) in [7, 11) is -2.02. The molecule has 4 nitrogen and oxygen atoms in total. The van der Waals surface area contributed by atoms with Crippen LogP contribution in [0.15, 0.2) is 0 Å². The molecule has 5 heteroatoms. The van der Waals surface area contributed by atoms with Crippen LogP contribution in [-0.2, 0) is 13.6 Å². The van der Waals surface area contributed by atoms with Gasteiger partial charge in [-0.05, 0) is 46.2 Å². The lowest BCUT2D eigenvalue weighted by atomic mass is 9.80. The van der Waals surface area contributed by atoms with Gasteiger partial charge in [0.15, 0.2) is 0 Å². The summed E-state index contributed by atoms with van der Waals surface area (Å²) in [6.45, 7) is 13.5. The first-order valence-electron chi connectivity index (χ1n) is 8.23. The molecular weight excluding hydrogens is 282 g/mol. The normalized spacial score (nSPS) is 14.2. The molecule has 0 saturated carbocycles. The summed E-state index contributed by atoms with van der Waals surface area (Å²) in [5.41, 5.74) is 5.50. The Balaban J connectivity index is 4.16. The lowest BCUT2D eigenvalue weighted by Gasteiger charge is -2.27. The molecule has 0 radical (unpaired) electrons. The van der Waals surface area contributed by atoms with E-state index in [-0.39, 0.29) is 11.5 Å². The minimum absolute atomic E-state index is 0.0653. The van der Waals surface area contributed by atoms with Gasteiger partial charge in [-0.3, -0.25) is 4.79 Å². The van der Waals surface area contributed by atoms with Crippen molar-refractivity contribution in [2.24, 2.45) is 11.1 Å². The van der Waals surface area contributed by atoms with E-state index in [1.54, 1.807) is 0 Å². The zero-order valence-corrected chi connectivity index (χ0v) is 15.8. The number of rotatable bonds is 12. The molecule has 0 heterocycles. The Morgan fingerprint density at radius 3 is 2.14 bits per heavy atom. The van der Waals surface area contributed by atoms with Crippen molar-refractivity contribution in [1.29, 1.82) is 0 Å². The second kappa shape index (κ2) is 9.72. The van der Waals surface area contributed by atoms with Crippen molar-refractivity contribution < 1.29 is 13.6 Å². The lowest BCUT2D eigenvalue weighted by Crippen LogP contribution is -2.38. The van der Waals surface area contributed by atoms with Gasteiger partial charge in [0.25, 0.3) is 0 Å². The molecule has 2 N–H and O–H groups in total. The second-order valence-electron chi connectivity index (χ2n) is 6.70. The monoisotopic (exact) mass is 317 g/mol. The molecule has 1 unspecified atom stereocenters. The van der Waals surface area contributed by atoms with E-state index in [2.05, 4.69) is 6.55 Å². The Bertz CT molecular complexity index is 300. The van der Waals surface area contributed by atoms with E-state index < -0.39 is 8.56 Å². The molecule has 0 saturated heterocycles. The predicted molar refractivity (Wildman–Crippen MR) is 90.6 cm³/mol. The van der Waals surface area contributed by atoms with E-state index in [4.69, 9.17) is 14.6 Å². The Hall–Kier alpha value is -0.233. The van der Waals surface area contributed by atoms with Crippen LogP contribution in [0.3, 0.4) is 0 Å². The molecule has 0 aliphatic carbocycles. The van der Waals surface area contributed by atoms with Gasteiger partial charge >= 0.3 is 8.56 Å². The highest BCUT2D eigenvalue weighted by atomic mass is 28.4. The number of carbonyl (C=O) groups excluding carboxylic acids is 1. The summed E-state index contributed by atoms with van der Waals surface area (Å²) in [6, 6.07) is 1.02. The van der Waals surface area contributed by atoms with E-state index in [0.29, 0.717) is 25.4 Å². The number of hydrogen-bond donors (Lipinski definition) is 1. The molecule has 0 spiro atoms. The van der Waals surface area contributed by atoms with Gasteiger partial charge < -0.3 is 14.6 Å². The van der Waals surface area contributed by atoms with Gasteiger partial charge in [-0.2, -0.15) is 0 Å². The third-order valence-electron chi connectivity index (χ3n) is 3.77. The maximum absolute atomic E-state index is 12.3. The molecule has 0 amide bonds. The van der Waals surface area contributed by atoms with E-state index in [9.17, 15) is 4.79 Å². The molecular formula is C16H35NO3Si. The number of unbranched alkanes of at least 4 members (excludes halogenated alkanes) is 1. The highest BCUT2D eigenvalue weighted by Crippen LogP contribution is 2.26. The molecule has 0 aromatic carbocycles. The maximum Gasteiger partial charge on any atom is 0.334 e. The molecule has 0 aliphatic heterocycles. The SMILES string of the molecule is CCO[Si](C)(CCCCC(=O)C(C)(C)CC(C)N)OCC. The first kappa shape index (κ1) is 20.8. The molecule has 0 aromatic rings. The van der Waals surface area contributed by atoms with Crippen molar-refractivity contribution in [3.05, 3.63) is 0 Å². The van der Waals surface area contributed by atoms with Crippen molar-refractivity contribution in [3.8, 4) is 0 Å². The number of hydrogen-bond acceptors (Lipinski definition) is 4. The Labute approximate surface area is 132 Å². The first-order chi connectivity index (χ1) is 9.67. The van der Waals surface area contributed by atoms with Gasteiger partial charge in [-0.15, -0.1) is 0 Å². The Kier molecular flexibility index (Phi) is 9.61. The van der Waals surface area contributed by atoms with E-state index >= 15 is 0 Å². The summed E-state index contributed by atoms with van der Waals surface area (Å²) in [4.78, 5) is 12.3. The van der Waals surface area contributed by atoms with E-state index in [1.807, 2.05) is 34.6 Å². The van der Waals surface area contributed by atoms with Crippen LogP contribution in [0.1, 0.15) is 60.3 Å². The molecule has 0 fully saturated rings. The van der Waals surface area contributed by atoms with Crippen LogP contribution in [0.25, 0.3) is 0 Å². The van der Waals surface area contributed by atoms with E-state index in [1.165, 1.54) is 0 Å². The summed E-state index contributed by atoms with van der Waals surface area (Å²) in [5.74, 6) is 0.316. The highest BCUT2D eigenvalue weighted by molar-refractivity contribution is 6.66. The van der Waals surface area contributed by atoms with Crippen molar-refractivity contribution in [2.75, 3.05) is 13.2 Å². The average Bonchev–Trinajstić information content (AvgIpc) is 2.33. The molecule has 0 aromatic heterocycles. The first-order valence-corrected chi connectivity index (χ1v) is 10.8. The van der Waals surface area contributed by atoms with Crippen LogP contribution in [-0.4, -0.2) is 33.6 Å². The topological polar surface area (TPSA) is 61.5 Å². The van der Waals surface area contributed by atoms with Crippen LogP contribution in [0.2, 0.25) is 12.6 Å². The average molecular weight is 318 g/mol. The maximum atomic E-state index is 12.3. The zero-order valence-electron chi connectivity index (χ0n) is 14.8. The number of carbonyl (C=O) groups is 1. The number of ketones is 1. The van der Waals surface area contributed by atoms with Crippen molar-refractivity contribution in [2.45, 2.75) is 78.9 Å². The molecule has 0 aliphatic rings. The fourth-order valence-corrected chi connectivity index (χ4v) is 5.27. The minimum atomic E-state index is -2.02. The van der Waals surface area contributed by atoms with Crippen molar-refractivity contribution in [3.63, 3.8) is 0 Å². The van der Waals surface area contributed by atoms with Crippen LogP contribution in [0.5, 0.6) is 0 Å². The molecule has 0 rings (SSSR count). The van der Waals surface area contributed by atoms with Crippen LogP contribution >= 0.6 is 0 Å². The van der Waals surface area contributed by atoms with Gasteiger partial charge in [0, 0.05) is 31.1 Å². The largest absolute Gasteiger partial charge is 0.395 e. The summed E-state index contributed by atoms with van der Waals surface area (Å²) in [5, 5.41) is 0. The Morgan fingerprint density at radius 2 is 1.71 bits per heavy atom. The van der Waals surface area contributed by atoms with Crippen LogP contribution < -0.4 is 5.73 Å². The van der Waals surface area contributed by atoms with Gasteiger partial charge in [0.05, 0.1) is 0 Å². The summed E-state index contributed by atoms with van der Waals surface area (Å²) >= 11 is 0. The number of nitrogens with two attached hydrogens (primary N) is 1. The van der Waals surface area contributed by atoms with Crippen LogP contribution in [0, 0.1) is 5.41 Å². The molecule has 0 bridgehead atoms. The standard InChI is InChI=1S/C16H35NO3Si/c1-7-19-21(6,20-8-2)12-10-9-11-15(18)16(4,5)13-14(3)17/h14H,7-13,17H2,1-6H3. The smallest absolute Gasteiger partial charge is 0.334 e. The van der Waals surface area contributed by atoms with Gasteiger partial charge in [-0.1, -0.05) is 20.3 Å².